The van der Waals surface area contributed by atoms with Gasteiger partial charge in [-0.2, -0.15) is 5.26 Å². The number of hydrogen-bond acceptors (Lipinski definition) is 3. The number of benzene rings is 1. The van der Waals surface area contributed by atoms with Gasteiger partial charge >= 0.3 is 0 Å². The molecule has 0 radical (unpaired) electrons. The zero-order valence-electron chi connectivity index (χ0n) is 10.7. The number of nitrogens with zero attached hydrogens (tertiary/aromatic N) is 2. The highest BCUT2D eigenvalue weighted by atomic mass is 32.1. The zero-order chi connectivity index (χ0) is 13.0. The third kappa shape index (κ3) is 3.19. The molecule has 2 nitrogen and oxygen atoms in total. The summed E-state index contributed by atoms with van der Waals surface area (Å²) < 4.78 is 0. The Morgan fingerprint density at radius 3 is 2.44 bits per heavy atom. The maximum atomic E-state index is 8.75. The third-order valence-electron chi connectivity index (χ3n) is 2.92. The lowest BCUT2D eigenvalue weighted by molar-refractivity contribution is 0.321. The molecule has 1 aromatic carbocycles. The predicted molar refractivity (Wildman–Crippen MR) is 75.4 cm³/mol. The second-order valence-corrected chi connectivity index (χ2v) is 5.51. The minimum atomic E-state index is 0.718. The van der Waals surface area contributed by atoms with E-state index in [-0.39, 0.29) is 0 Å². The largest absolute Gasteiger partial charge is 0.297 e. The Morgan fingerprint density at radius 2 is 1.89 bits per heavy atom. The number of aryl methyl sites for hydroxylation is 1. The standard InChI is InChI=1S/C15H16N2S/c1-12-7-8-18-15(12)11-17(2)10-14-5-3-13(9-16)4-6-14/h3-8H,10-11H2,1-2H3. The first-order valence-corrected chi connectivity index (χ1v) is 6.77. The van der Waals surface area contributed by atoms with Gasteiger partial charge < -0.3 is 0 Å². The molecular weight excluding hydrogens is 240 g/mol. The Labute approximate surface area is 112 Å². The van der Waals surface area contributed by atoms with Gasteiger partial charge in [0.1, 0.15) is 0 Å². The van der Waals surface area contributed by atoms with Crippen LogP contribution in [0.5, 0.6) is 0 Å². The molecule has 0 aliphatic rings. The van der Waals surface area contributed by atoms with Gasteiger partial charge in [0.2, 0.25) is 0 Å². The molecule has 0 N–H and O–H groups in total. The minimum Gasteiger partial charge on any atom is -0.297 e. The Balaban J connectivity index is 1.97. The summed E-state index contributed by atoms with van der Waals surface area (Å²) in [6.45, 7) is 4.04. The van der Waals surface area contributed by atoms with Crippen LogP contribution in [0.3, 0.4) is 0 Å². The van der Waals surface area contributed by atoms with Gasteiger partial charge in [-0.25, -0.2) is 0 Å². The molecule has 0 spiro atoms. The fraction of sp³-hybridized carbons (Fsp3) is 0.267. The molecule has 0 amide bonds. The van der Waals surface area contributed by atoms with E-state index in [0.717, 1.165) is 18.7 Å². The van der Waals surface area contributed by atoms with Crippen LogP contribution in [-0.4, -0.2) is 11.9 Å². The lowest BCUT2D eigenvalue weighted by Gasteiger charge is -2.16. The van der Waals surface area contributed by atoms with Crippen molar-refractivity contribution in [3.63, 3.8) is 0 Å². The number of rotatable bonds is 4. The quantitative estimate of drug-likeness (QED) is 0.836. The van der Waals surface area contributed by atoms with Crippen molar-refractivity contribution in [2.75, 3.05) is 7.05 Å². The fourth-order valence-corrected chi connectivity index (χ4v) is 2.85. The molecule has 3 heteroatoms. The Kier molecular flexibility index (Phi) is 4.14. The third-order valence-corrected chi connectivity index (χ3v) is 3.92. The molecular formula is C15H16N2S. The molecule has 92 valence electrons. The second kappa shape index (κ2) is 5.81. The minimum absolute atomic E-state index is 0.718. The molecule has 0 aliphatic heterocycles. The van der Waals surface area contributed by atoms with Crippen molar-refractivity contribution in [1.82, 2.24) is 4.90 Å². The van der Waals surface area contributed by atoms with Crippen LogP contribution in [0.25, 0.3) is 0 Å². The van der Waals surface area contributed by atoms with Crippen molar-refractivity contribution in [3.8, 4) is 6.07 Å². The van der Waals surface area contributed by atoms with Gasteiger partial charge in [0.05, 0.1) is 11.6 Å². The van der Waals surface area contributed by atoms with Crippen LogP contribution < -0.4 is 0 Å². The summed E-state index contributed by atoms with van der Waals surface area (Å²) in [7, 11) is 2.12. The Hall–Kier alpha value is -1.63. The van der Waals surface area contributed by atoms with E-state index >= 15 is 0 Å². The van der Waals surface area contributed by atoms with Crippen LogP contribution in [0, 0.1) is 18.3 Å². The van der Waals surface area contributed by atoms with Crippen molar-refractivity contribution in [1.29, 1.82) is 5.26 Å². The average molecular weight is 256 g/mol. The summed E-state index contributed by atoms with van der Waals surface area (Å²) in [6, 6.07) is 12.1. The summed E-state index contributed by atoms with van der Waals surface area (Å²) in [5.41, 5.74) is 3.33. The van der Waals surface area contributed by atoms with E-state index in [9.17, 15) is 0 Å². The van der Waals surface area contributed by atoms with E-state index in [1.54, 1.807) is 0 Å². The van der Waals surface area contributed by atoms with Gasteiger partial charge in [-0.3, -0.25) is 4.90 Å². The molecule has 0 aliphatic carbocycles. The van der Waals surface area contributed by atoms with Gasteiger partial charge in [-0.15, -0.1) is 11.3 Å². The van der Waals surface area contributed by atoms with Gasteiger partial charge in [-0.1, -0.05) is 12.1 Å². The monoisotopic (exact) mass is 256 g/mol. The lowest BCUT2D eigenvalue weighted by atomic mass is 10.1. The smallest absolute Gasteiger partial charge is 0.0991 e. The molecule has 0 fully saturated rings. The molecule has 0 bridgehead atoms. The van der Waals surface area contributed by atoms with Crippen molar-refractivity contribution in [2.24, 2.45) is 0 Å². The lowest BCUT2D eigenvalue weighted by Crippen LogP contribution is -2.16. The number of hydrogen-bond donors (Lipinski definition) is 0. The zero-order valence-corrected chi connectivity index (χ0v) is 11.5. The molecule has 0 unspecified atom stereocenters. The first kappa shape index (κ1) is 12.8. The summed E-state index contributed by atoms with van der Waals surface area (Å²) >= 11 is 1.81. The van der Waals surface area contributed by atoms with Gasteiger partial charge in [0, 0.05) is 18.0 Å². The summed E-state index contributed by atoms with van der Waals surface area (Å²) in [5.74, 6) is 0. The molecule has 1 aromatic heterocycles. The molecule has 2 rings (SSSR count). The van der Waals surface area contributed by atoms with Crippen LogP contribution in [0.1, 0.15) is 21.6 Å². The molecule has 0 saturated carbocycles. The Bertz CT molecular complexity index is 549. The molecule has 1 heterocycles. The molecule has 18 heavy (non-hydrogen) atoms. The van der Waals surface area contributed by atoms with Crippen LogP contribution in [-0.2, 0) is 13.1 Å². The van der Waals surface area contributed by atoms with E-state index in [1.807, 2.05) is 35.6 Å². The van der Waals surface area contributed by atoms with Gasteiger partial charge in [0.15, 0.2) is 0 Å². The van der Waals surface area contributed by atoms with E-state index in [1.165, 1.54) is 16.0 Å². The topological polar surface area (TPSA) is 27.0 Å². The van der Waals surface area contributed by atoms with Crippen molar-refractivity contribution < 1.29 is 0 Å². The fourth-order valence-electron chi connectivity index (χ4n) is 1.86. The maximum absolute atomic E-state index is 8.75. The van der Waals surface area contributed by atoms with Crippen LogP contribution >= 0.6 is 11.3 Å². The van der Waals surface area contributed by atoms with Gasteiger partial charge in [0.25, 0.3) is 0 Å². The first-order valence-electron chi connectivity index (χ1n) is 5.89. The number of nitriles is 1. The van der Waals surface area contributed by atoms with E-state index in [4.69, 9.17) is 5.26 Å². The highest BCUT2D eigenvalue weighted by Gasteiger charge is 2.05. The first-order chi connectivity index (χ1) is 8.69. The average Bonchev–Trinajstić information content (AvgIpc) is 2.76. The van der Waals surface area contributed by atoms with Gasteiger partial charge in [-0.05, 0) is 48.7 Å². The van der Waals surface area contributed by atoms with E-state index < -0.39 is 0 Å². The number of thiophene rings is 1. The van der Waals surface area contributed by atoms with E-state index in [2.05, 4.69) is 36.4 Å². The molecule has 0 saturated heterocycles. The highest BCUT2D eigenvalue weighted by molar-refractivity contribution is 7.10. The maximum Gasteiger partial charge on any atom is 0.0991 e. The van der Waals surface area contributed by atoms with Crippen LogP contribution in [0.4, 0.5) is 0 Å². The molecule has 0 atom stereocenters. The van der Waals surface area contributed by atoms with Crippen molar-refractivity contribution in [2.45, 2.75) is 20.0 Å². The van der Waals surface area contributed by atoms with Crippen molar-refractivity contribution in [3.05, 3.63) is 57.3 Å². The van der Waals surface area contributed by atoms with Crippen LogP contribution in [0.15, 0.2) is 35.7 Å². The Morgan fingerprint density at radius 1 is 1.17 bits per heavy atom. The van der Waals surface area contributed by atoms with E-state index in [0.29, 0.717) is 0 Å². The SMILES string of the molecule is Cc1ccsc1CN(C)Cc1ccc(C#N)cc1. The predicted octanol–water partition coefficient (Wildman–Crippen LogP) is 3.56. The normalized spacial score (nSPS) is 10.6. The summed E-state index contributed by atoms with van der Waals surface area (Å²) in [4.78, 5) is 3.71. The van der Waals surface area contributed by atoms with Crippen molar-refractivity contribution >= 4 is 11.3 Å². The molecule has 2 aromatic rings. The summed E-state index contributed by atoms with van der Waals surface area (Å²) in [6.07, 6.45) is 0. The second-order valence-electron chi connectivity index (χ2n) is 4.51. The highest BCUT2D eigenvalue weighted by Crippen LogP contribution is 2.18. The summed E-state index contributed by atoms with van der Waals surface area (Å²) in [5, 5.41) is 10.9. The van der Waals surface area contributed by atoms with Crippen LogP contribution in [0.2, 0.25) is 0 Å².